The van der Waals surface area contributed by atoms with Crippen molar-refractivity contribution in [2.45, 2.75) is 26.8 Å². The van der Waals surface area contributed by atoms with E-state index in [-0.39, 0.29) is 0 Å². The Balaban J connectivity index is 0.000000457. The lowest BCUT2D eigenvalue weighted by atomic mass is 10.1. The molecule has 2 aromatic rings. The number of fused-ring (bicyclic) bond motifs is 3. The van der Waals surface area contributed by atoms with Crippen LogP contribution < -0.4 is 0 Å². The summed E-state index contributed by atoms with van der Waals surface area (Å²) in [6.07, 6.45) is 1.04. The van der Waals surface area contributed by atoms with Crippen LogP contribution in [-0.4, -0.2) is 18.5 Å². The SMILES string of the molecule is CC.CN1CCc2oc3ccccc3c2C1. The van der Waals surface area contributed by atoms with E-state index < -0.39 is 0 Å². The van der Waals surface area contributed by atoms with Gasteiger partial charge in [-0.05, 0) is 13.1 Å². The molecule has 2 heterocycles. The predicted molar refractivity (Wildman–Crippen MR) is 67.6 cm³/mol. The second-order valence-electron chi connectivity index (χ2n) is 3.99. The minimum Gasteiger partial charge on any atom is -0.461 e. The molecule has 16 heavy (non-hydrogen) atoms. The number of nitrogens with zero attached hydrogens (tertiary/aromatic N) is 1. The molecule has 1 aromatic carbocycles. The molecule has 0 aliphatic carbocycles. The number of likely N-dealkylation sites (N-methyl/N-ethyl adjacent to an activating group) is 1. The van der Waals surface area contributed by atoms with Gasteiger partial charge in [-0.2, -0.15) is 0 Å². The highest BCUT2D eigenvalue weighted by Crippen LogP contribution is 2.29. The largest absolute Gasteiger partial charge is 0.461 e. The van der Waals surface area contributed by atoms with E-state index in [1.54, 1.807) is 0 Å². The van der Waals surface area contributed by atoms with Gasteiger partial charge in [-0.3, -0.25) is 0 Å². The maximum Gasteiger partial charge on any atom is 0.134 e. The fourth-order valence-corrected chi connectivity index (χ4v) is 2.17. The Morgan fingerprint density at radius 3 is 2.75 bits per heavy atom. The van der Waals surface area contributed by atoms with Crippen LogP contribution in [0.3, 0.4) is 0 Å². The van der Waals surface area contributed by atoms with Crippen LogP contribution >= 0.6 is 0 Å². The molecule has 1 aliphatic rings. The van der Waals surface area contributed by atoms with Crippen LogP contribution in [0, 0.1) is 0 Å². The van der Waals surface area contributed by atoms with E-state index in [4.69, 9.17) is 4.42 Å². The van der Waals surface area contributed by atoms with E-state index in [9.17, 15) is 0 Å². The fraction of sp³-hybridized carbons (Fsp3) is 0.429. The number of benzene rings is 1. The highest BCUT2D eigenvalue weighted by molar-refractivity contribution is 5.82. The topological polar surface area (TPSA) is 16.4 Å². The average molecular weight is 217 g/mol. The lowest BCUT2D eigenvalue weighted by molar-refractivity contribution is 0.296. The first-order valence-electron chi connectivity index (χ1n) is 6.02. The summed E-state index contributed by atoms with van der Waals surface area (Å²) in [5, 5.41) is 1.29. The Morgan fingerprint density at radius 2 is 1.94 bits per heavy atom. The van der Waals surface area contributed by atoms with Crippen LogP contribution in [0.1, 0.15) is 25.2 Å². The van der Waals surface area contributed by atoms with Crippen LogP contribution in [0.25, 0.3) is 11.0 Å². The summed E-state index contributed by atoms with van der Waals surface area (Å²) in [6, 6.07) is 8.30. The zero-order chi connectivity index (χ0) is 11.5. The Morgan fingerprint density at radius 1 is 1.19 bits per heavy atom. The van der Waals surface area contributed by atoms with Crippen LogP contribution in [0.4, 0.5) is 0 Å². The summed E-state index contributed by atoms with van der Waals surface area (Å²) in [7, 11) is 2.16. The predicted octanol–water partition coefficient (Wildman–Crippen LogP) is 3.45. The normalized spacial score (nSPS) is 15.4. The highest BCUT2D eigenvalue weighted by atomic mass is 16.3. The Kier molecular flexibility index (Phi) is 3.30. The Labute approximate surface area is 96.9 Å². The second kappa shape index (κ2) is 4.71. The first-order valence-corrected chi connectivity index (χ1v) is 6.02. The van der Waals surface area contributed by atoms with Crippen molar-refractivity contribution in [1.82, 2.24) is 4.90 Å². The van der Waals surface area contributed by atoms with Crippen LogP contribution in [-0.2, 0) is 13.0 Å². The standard InChI is InChI=1S/C12H13NO.C2H6/c1-13-7-6-12-10(8-13)9-4-2-3-5-11(9)14-12;1-2/h2-5H,6-8H2,1H3;1-2H3. The van der Waals surface area contributed by atoms with Gasteiger partial charge in [-0.15, -0.1) is 0 Å². The summed E-state index contributed by atoms with van der Waals surface area (Å²) in [5.74, 6) is 1.18. The van der Waals surface area contributed by atoms with Crippen molar-refractivity contribution in [2.24, 2.45) is 0 Å². The maximum absolute atomic E-state index is 5.81. The molecule has 0 fully saturated rings. The van der Waals surface area contributed by atoms with E-state index >= 15 is 0 Å². The lowest BCUT2D eigenvalue weighted by Gasteiger charge is -2.21. The van der Waals surface area contributed by atoms with Gasteiger partial charge < -0.3 is 9.32 Å². The molecule has 0 spiro atoms. The van der Waals surface area contributed by atoms with Crippen molar-refractivity contribution in [1.29, 1.82) is 0 Å². The first kappa shape index (κ1) is 11.2. The molecular formula is C14H19NO. The number of furan rings is 1. The monoisotopic (exact) mass is 217 g/mol. The summed E-state index contributed by atoms with van der Waals surface area (Å²) >= 11 is 0. The zero-order valence-electron chi connectivity index (χ0n) is 10.3. The third kappa shape index (κ3) is 1.85. The quantitative estimate of drug-likeness (QED) is 0.672. The average Bonchev–Trinajstić information content (AvgIpc) is 2.70. The zero-order valence-corrected chi connectivity index (χ0v) is 10.3. The Hall–Kier alpha value is -1.28. The first-order chi connectivity index (χ1) is 7.84. The number of para-hydroxylation sites is 1. The van der Waals surface area contributed by atoms with E-state index in [2.05, 4.69) is 24.1 Å². The number of hydrogen-bond acceptors (Lipinski definition) is 2. The molecule has 2 heteroatoms. The summed E-state index contributed by atoms with van der Waals surface area (Å²) < 4.78 is 5.81. The molecule has 0 atom stereocenters. The van der Waals surface area contributed by atoms with Gasteiger partial charge in [-0.1, -0.05) is 32.0 Å². The van der Waals surface area contributed by atoms with E-state index in [1.807, 2.05) is 26.0 Å². The van der Waals surface area contributed by atoms with E-state index in [0.717, 1.165) is 25.1 Å². The molecule has 3 rings (SSSR count). The van der Waals surface area contributed by atoms with Gasteiger partial charge in [0, 0.05) is 30.5 Å². The van der Waals surface area contributed by atoms with Gasteiger partial charge in [0.15, 0.2) is 0 Å². The van der Waals surface area contributed by atoms with Crippen molar-refractivity contribution in [2.75, 3.05) is 13.6 Å². The minimum atomic E-state index is 1.02. The van der Waals surface area contributed by atoms with Gasteiger partial charge in [0.1, 0.15) is 11.3 Å². The number of rotatable bonds is 0. The van der Waals surface area contributed by atoms with Crippen molar-refractivity contribution < 1.29 is 4.42 Å². The molecule has 2 nitrogen and oxygen atoms in total. The lowest BCUT2D eigenvalue weighted by Crippen LogP contribution is -2.25. The Bertz CT molecular complexity index is 473. The molecule has 86 valence electrons. The van der Waals surface area contributed by atoms with Gasteiger partial charge in [-0.25, -0.2) is 0 Å². The van der Waals surface area contributed by atoms with Crippen molar-refractivity contribution in [3.63, 3.8) is 0 Å². The smallest absolute Gasteiger partial charge is 0.134 e. The second-order valence-corrected chi connectivity index (χ2v) is 3.99. The van der Waals surface area contributed by atoms with Crippen LogP contribution in [0.15, 0.2) is 28.7 Å². The fourth-order valence-electron chi connectivity index (χ4n) is 2.17. The summed E-state index contributed by atoms with van der Waals surface area (Å²) in [6.45, 7) is 6.12. The van der Waals surface area contributed by atoms with Gasteiger partial charge >= 0.3 is 0 Å². The third-order valence-corrected chi connectivity index (χ3v) is 2.93. The van der Waals surface area contributed by atoms with Crippen LogP contribution in [0.2, 0.25) is 0 Å². The molecule has 0 saturated carbocycles. The van der Waals surface area contributed by atoms with Crippen molar-refractivity contribution in [3.8, 4) is 0 Å². The minimum absolute atomic E-state index is 1.02. The molecule has 0 saturated heterocycles. The molecule has 0 bridgehead atoms. The van der Waals surface area contributed by atoms with Crippen LogP contribution in [0.5, 0.6) is 0 Å². The summed E-state index contributed by atoms with van der Waals surface area (Å²) in [4.78, 5) is 2.34. The number of hydrogen-bond donors (Lipinski definition) is 0. The molecule has 0 N–H and O–H groups in total. The molecule has 0 unspecified atom stereocenters. The molecule has 0 radical (unpaired) electrons. The molecule has 0 amide bonds. The van der Waals surface area contributed by atoms with Crippen molar-refractivity contribution >= 4 is 11.0 Å². The van der Waals surface area contributed by atoms with E-state index in [1.165, 1.54) is 16.7 Å². The molecule has 1 aromatic heterocycles. The third-order valence-electron chi connectivity index (χ3n) is 2.93. The van der Waals surface area contributed by atoms with Gasteiger partial charge in [0.25, 0.3) is 0 Å². The summed E-state index contributed by atoms with van der Waals surface area (Å²) in [5.41, 5.74) is 2.42. The van der Waals surface area contributed by atoms with Gasteiger partial charge in [0.05, 0.1) is 0 Å². The molecule has 1 aliphatic heterocycles. The van der Waals surface area contributed by atoms with E-state index in [0.29, 0.717) is 0 Å². The highest BCUT2D eigenvalue weighted by Gasteiger charge is 2.19. The van der Waals surface area contributed by atoms with Crippen molar-refractivity contribution in [3.05, 3.63) is 35.6 Å². The molecular weight excluding hydrogens is 198 g/mol. The van der Waals surface area contributed by atoms with Gasteiger partial charge in [0.2, 0.25) is 0 Å². The maximum atomic E-state index is 5.81.